The van der Waals surface area contributed by atoms with Crippen LogP contribution in [-0.2, 0) is 23.1 Å². The molecule has 174 valence electrons. The van der Waals surface area contributed by atoms with Crippen LogP contribution in [0.25, 0.3) is 0 Å². The molecular formula is C18H26N8O4S2. The minimum atomic E-state index is -3.83. The molecule has 1 aromatic carbocycles. The van der Waals surface area contributed by atoms with Gasteiger partial charge in [-0.3, -0.25) is 4.90 Å². The highest BCUT2D eigenvalue weighted by atomic mass is 32.2. The van der Waals surface area contributed by atoms with Gasteiger partial charge < -0.3 is 26.1 Å². The van der Waals surface area contributed by atoms with Gasteiger partial charge in [-0.1, -0.05) is 6.07 Å². The molecule has 0 saturated carbocycles. The number of imidazole rings is 1. The van der Waals surface area contributed by atoms with Gasteiger partial charge in [0.15, 0.2) is 16.6 Å². The number of piperazine rings is 1. The van der Waals surface area contributed by atoms with Crippen LogP contribution in [0.5, 0.6) is 0 Å². The van der Waals surface area contributed by atoms with Crippen LogP contribution in [0, 0.1) is 17.0 Å². The molecule has 2 aromatic rings. The molecule has 1 aliphatic rings. The highest BCUT2D eigenvalue weighted by molar-refractivity contribution is 7.89. The summed E-state index contributed by atoms with van der Waals surface area (Å²) in [6.07, 6.45) is 0. The largest absolute Gasteiger partial charge is 0.358 e. The van der Waals surface area contributed by atoms with Crippen LogP contribution in [0.4, 0.5) is 11.5 Å². The Bertz CT molecular complexity index is 1100. The highest BCUT2D eigenvalue weighted by Gasteiger charge is 2.26. The zero-order valence-electron chi connectivity index (χ0n) is 17.6. The van der Waals surface area contributed by atoms with Crippen molar-refractivity contribution in [2.24, 2.45) is 5.14 Å². The predicted octanol–water partition coefficient (Wildman–Crippen LogP) is 0.139. The van der Waals surface area contributed by atoms with E-state index in [0.29, 0.717) is 30.3 Å². The zero-order chi connectivity index (χ0) is 23.3. The lowest BCUT2D eigenvalue weighted by Crippen LogP contribution is -2.43. The summed E-state index contributed by atoms with van der Waals surface area (Å²) in [7, 11) is -3.83. The molecule has 3 rings (SSSR count). The number of hydrogen-bond acceptors (Lipinski definition) is 8. The highest BCUT2D eigenvalue weighted by Crippen LogP contribution is 2.22. The van der Waals surface area contributed by atoms with Crippen molar-refractivity contribution >= 4 is 38.9 Å². The smallest absolute Gasteiger partial charge is 0.347 e. The van der Waals surface area contributed by atoms with Gasteiger partial charge in [-0.25, -0.2) is 23.1 Å². The van der Waals surface area contributed by atoms with E-state index in [2.05, 4.69) is 25.8 Å². The first-order chi connectivity index (χ1) is 15.1. The quantitative estimate of drug-likeness (QED) is 0.231. The lowest BCUT2D eigenvalue weighted by atomic mass is 10.3. The number of nitrogens with zero attached hydrogens (tertiary/aromatic N) is 4. The van der Waals surface area contributed by atoms with Crippen LogP contribution < -0.4 is 21.1 Å². The van der Waals surface area contributed by atoms with Crippen LogP contribution in [0.2, 0.25) is 0 Å². The minimum Gasteiger partial charge on any atom is -0.358 e. The fourth-order valence-corrected chi connectivity index (χ4v) is 4.26. The fourth-order valence-electron chi connectivity index (χ4n) is 3.48. The second-order valence-electron chi connectivity index (χ2n) is 7.32. The molecule has 1 aromatic heterocycles. The Labute approximate surface area is 191 Å². The minimum absolute atomic E-state index is 0.0115. The van der Waals surface area contributed by atoms with Crippen molar-refractivity contribution in [1.82, 2.24) is 25.1 Å². The molecule has 1 fully saturated rings. The number of benzene rings is 1. The Balaban J connectivity index is 1.61. The molecule has 0 atom stereocenters. The van der Waals surface area contributed by atoms with Crippen LogP contribution in [0.1, 0.15) is 11.5 Å². The van der Waals surface area contributed by atoms with Crippen molar-refractivity contribution in [1.29, 1.82) is 0 Å². The average molecular weight is 483 g/mol. The van der Waals surface area contributed by atoms with E-state index in [9.17, 15) is 18.5 Å². The van der Waals surface area contributed by atoms with Crippen molar-refractivity contribution in [2.45, 2.75) is 24.9 Å². The number of anilines is 1. The summed E-state index contributed by atoms with van der Waals surface area (Å²) in [4.78, 5) is 17.9. The number of primary sulfonamides is 1. The maximum Gasteiger partial charge on any atom is 0.347 e. The summed E-state index contributed by atoms with van der Waals surface area (Å²) in [6.45, 7) is 6.10. The van der Waals surface area contributed by atoms with Gasteiger partial charge >= 0.3 is 5.82 Å². The number of nitrogens with one attached hydrogen (secondary N) is 3. The summed E-state index contributed by atoms with van der Waals surface area (Å²) < 4.78 is 24.5. The Morgan fingerprint density at radius 3 is 2.75 bits per heavy atom. The lowest BCUT2D eigenvalue weighted by molar-refractivity contribution is -0.393. The van der Waals surface area contributed by atoms with Crippen LogP contribution in [0.15, 0.2) is 29.2 Å². The number of nitro groups is 1. The number of hydrogen-bond donors (Lipinski definition) is 4. The Morgan fingerprint density at radius 2 is 2.09 bits per heavy atom. The van der Waals surface area contributed by atoms with E-state index in [0.717, 1.165) is 26.2 Å². The molecule has 0 aliphatic carbocycles. The molecule has 0 amide bonds. The van der Waals surface area contributed by atoms with Crippen molar-refractivity contribution < 1.29 is 13.3 Å². The molecule has 14 heteroatoms. The summed E-state index contributed by atoms with van der Waals surface area (Å²) >= 11 is 5.24. The first kappa shape index (κ1) is 24.0. The van der Waals surface area contributed by atoms with Gasteiger partial charge in [0.2, 0.25) is 10.0 Å². The molecule has 32 heavy (non-hydrogen) atoms. The Hall–Kier alpha value is -2.65. The monoisotopic (exact) mass is 482 g/mol. The van der Waals surface area contributed by atoms with Gasteiger partial charge in [0.05, 0.1) is 11.4 Å². The van der Waals surface area contributed by atoms with Crippen molar-refractivity contribution in [3.8, 4) is 0 Å². The van der Waals surface area contributed by atoms with E-state index in [-0.39, 0.29) is 22.4 Å². The molecular weight excluding hydrogens is 456 g/mol. The maximum atomic E-state index is 11.7. The number of aryl methyl sites for hydroxylation is 1. The third-order valence-corrected chi connectivity index (χ3v) is 6.16. The van der Waals surface area contributed by atoms with Gasteiger partial charge in [-0.15, -0.1) is 0 Å². The second-order valence-corrected chi connectivity index (χ2v) is 9.29. The van der Waals surface area contributed by atoms with Crippen molar-refractivity contribution in [2.75, 3.05) is 38.0 Å². The van der Waals surface area contributed by atoms with Gasteiger partial charge in [-0.05, 0) is 35.3 Å². The number of aromatic nitrogens is 2. The Kier molecular flexibility index (Phi) is 7.73. The number of sulfonamides is 1. The van der Waals surface area contributed by atoms with Gasteiger partial charge in [0.1, 0.15) is 6.54 Å². The zero-order valence-corrected chi connectivity index (χ0v) is 19.2. The Morgan fingerprint density at radius 1 is 1.38 bits per heavy atom. The lowest BCUT2D eigenvalue weighted by Gasteiger charge is -2.26. The molecule has 1 saturated heterocycles. The van der Waals surface area contributed by atoms with E-state index in [1.54, 1.807) is 23.6 Å². The molecule has 2 heterocycles. The van der Waals surface area contributed by atoms with Gasteiger partial charge in [0.25, 0.3) is 0 Å². The molecule has 5 N–H and O–H groups in total. The molecule has 0 radical (unpaired) electrons. The fraction of sp³-hybridized carbons (Fsp3) is 0.444. The van der Waals surface area contributed by atoms with Crippen LogP contribution in [0.3, 0.4) is 0 Å². The van der Waals surface area contributed by atoms with Gasteiger partial charge in [-0.2, -0.15) is 0 Å². The molecule has 0 bridgehead atoms. The van der Waals surface area contributed by atoms with Crippen molar-refractivity contribution in [3.05, 3.63) is 45.9 Å². The number of rotatable bonds is 8. The van der Waals surface area contributed by atoms with E-state index >= 15 is 0 Å². The van der Waals surface area contributed by atoms with Crippen molar-refractivity contribution in [3.63, 3.8) is 0 Å². The SMILES string of the molecule is Cc1nc(CN2CCNCC2)c([N+](=O)[O-])n1CCNC(=S)Nc1cccc(S(N)(=O)=O)c1. The number of nitrogens with two attached hydrogens (primary N) is 1. The second kappa shape index (κ2) is 10.3. The third kappa shape index (κ3) is 6.20. The summed E-state index contributed by atoms with van der Waals surface area (Å²) in [5.41, 5.74) is 0.909. The van der Waals surface area contributed by atoms with Crippen LogP contribution >= 0.6 is 12.2 Å². The number of thiocarbonyl (C=S) groups is 1. The van der Waals surface area contributed by atoms with E-state index < -0.39 is 14.9 Å². The standard InChI is InChI=1S/C18H26N8O4S2/c1-13-22-16(12-24-8-5-20-6-9-24)17(26(27)28)25(13)10-7-21-18(31)23-14-3-2-4-15(11-14)32(19,29)30/h2-4,11,20H,5-10,12H2,1H3,(H2,19,29,30)(H2,21,23,31). The maximum absolute atomic E-state index is 11.7. The van der Waals surface area contributed by atoms with Gasteiger partial charge in [0, 0.05) is 45.3 Å². The van der Waals surface area contributed by atoms with E-state index in [1.165, 1.54) is 12.1 Å². The summed E-state index contributed by atoms with van der Waals surface area (Å²) in [6, 6.07) is 5.95. The molecule has 12 nitrogen and oxygen atoms in total. The van der Waals surface area contributed by atoms with E-state index in [1.807, 2.05) is 0 Å². The first-order valence-electron chi connectivity index (χ1n) is 9.96. The molecule has 1 aliphatic heterocycles. The first-order valence-corrected chi connectivity index (χ1v) is 11.9. The normalized spacial score (nSPS) is 14.8. The summed E-state index contributed by atoms with van der Waals surface area (Å²) in [5, 5.41) is 26.2. The molecule has 0 unspecified atom stereocenters. The van der Waals surface area contributed by atoms with E-state index in [4.69, 9.17) is 17.4 Å². The summed E-state index contributed by atoms with van der Waals surface area (Å²) in [5.74, 6) is 0.547. The van der Waals surface area contributed by atoms with Crippen LogP contribution in [-0.4, -0.2) is 65.6 Å². The molecule has 0 spiro atoms. The predicted molar refractivity (Wildman–Crippen MR) is 124 cm³/mol. The topological polar surface area (TPSA) is 160 Å². The third-order valence-electron chi connectivity index (χ3n) is 5.00. The average Bonchev–Trinajstić information content (AvgIpc) is 3.03.